The Kier molecular flexibility index (Phi) is 4.57. The Labute approximate surface area is 119 Å². The summed E-state index contributed by atoms with van der Waals surface area (Å²) in [6.07, 6.45) is -0.568. The zero-order valence-corrected chi connectivity index (χ0v) is 12.3. The largest absolute Gasteiger partial charge is 0.394 e. The molecule has 0 radical (unpaired) electrons. The maximum absolute atomic E-state index is 13.8. The number of morpholine rings is 1. The van der Waals surface area contributed by atoms with Crippen LogP contribution in [0.1, 0.15) is 0 Å². The highest BCUT2D eigenvalue weighted by atomic mass is 79.9. The van der Waals surface area contributed by atoms with Crippen molar-refractivity contribution in [1.82, 2.24) is 4.31 Å². The lowest BCUT2D eigenvalue weighted by molar-refractivity contribution is -0.0305. The Balaban J connectivity index is 2.31. The van der Waals surface area contributed by atoms with Crippen LogP contribution in [0, 0.1) is 5.82 Å². The first-order chi connectivity index (χ1) is 8.95. The molecular weight excluding hydrogens is 341 g/mol. The fourth-order valence-electron chi connectivity index (χ4n) is 1.84. The Morgan fingerprint density at radius 2 is 2.26 bits per heavy atom. The number of aliphatic hydroxyl groups is 1. The van der Waals surface area contributed by atoms with Crippen LogP contribution in [0.15, 0.2) is 27.6 Å². The number of nitrogens with zero attached hydrogens (tertiary/aromatic N) is 1. The summed E-state index contributed by atoms with van der Waals surface area (Å²) < 4.78 is 45.2. The zero-order chi connectivity index (χ0) is 14.0. The van der Waals surface area contributed by atoms with E-state index in [-0.39, 0.29) is 31.2 Å². The molecule has 106 valence electrons. The topological polar surface area (TPSA) is 66.8 Å². The van der Waals surface area contributed by atoms with Crippen molar-refractivity contribution in [2.75, 3.05) is 26.3 Å². The summed E-state index contributed by atoms with van der Waals surface area (Å²) in [5, 5.41) is 9.01. The molecule has 0 spiro atoms. The number of aliphatic hydroxyl groups excluding tert-OH is 1. The van der Waals surface area contributed by atoms with E-state index in [0.29, 0.717) is 4.47 Å². The van der Waals surface area contributed by atoms with Gasteiger partial charge in [0.1, 0.15) is 10.7 Å². The highest BCUT2D eigenvalue weighted by molar-refractivity contribution is 9.10. The summed E-state index contributed by atoms with van der Waals surface area (Å²) >= 11 is 3.08. The third kappa shape index (κ3) is 3.14. The van der Waals surface area contributed by atoms with E-state index in [1.807, 2.05) is 0 Å². The van der Waals surface area contributed by atoms with Gasteiger partial charge in [-0.3, -0.25) is 0 Å². The van der Waals surface area contributed by atoms with E-state index >= 15 is 0 Å². The number of halogens is 2. The van der Waals surface area contributed by atoms with Crippen molar-refractivity contribution in [1.29, 1.82) is 0 Å². The molecule has 2 rings (SSSR count). The minimum Gasteiger partial charge on any atom is -0.394 e. The van der Waals surface area contributed by atoms with E-state index in [1.165, 1.54) is 12.1 Å². The second-order valence-electron chi connectivity index (χ2n) is 4.11. The first-order valence-electron chi connectivity index (χ1n) is 5.63. The van der Waals surface area contributed by atoms with E-state index in [1.54, 1.807) is 0 Å². The van der Waals surface area contributed by atoms with E-state index < -0.39 is 21.9 Å². The maximum Gasteiger partial charge on any atom is 0.246 e. The van der Waals surface area contributed by atoms with E-state index in [2.05, 4.69) is 15.9 Å². The molecular formula is C11H13BrFNO4S. The molecule has 1 aromatic carbocycles. The van der Waals surface area contributed by atoms with Gasteiger partial charge in [0.05, 0.1) is 19.3 Å². The molecule has 1 N–H and O–H groups in total. The normalized spacial score (nSPS) is 21.5. The average Bonchev–Trinajstić information content (AvgIpc) is 2.38. The van der Waals surface area contributed by atoms with Gasteiger partial charge in [-0.15, -0.1) is 0 Å². The van der Waals surface area contributed by atoms with Crippen LogP contribution in [0.25, 0.3) is 0 Å². The number of hydrogen-bond acceptors (Lipinski definition) is 4. The molecule has 0 saturated carbocycles. The predicted octanol–water partition coefficient (Wildman–Crippen LogP) is 0.970. The summed E-state index contributed by atoms with van der Waals surface area (Å²) in [6, 6.07) is 3.80. The first kappa shape index (κ1) is 14.9. The van der Waals surface area contributed by atoms with Crippen LogP contribution < -0.4 is 0 Å². The highest BCUT2D eigenvalue weighted by Crippen LogP contribution is 2.24. The van der Waals surface area contributed by atoms with E-state index in [4.69, 9.17) is 9.84 Å². The van der Waals surface area contributed by atoms with Crippen LogP contribution in [0.5, 0.6) is 0 Å². The van der Waals surface area contributed by atoms with Crippen LogP contribution in [0.4, 0.5) is 4.39 Å². The Hall–Kier alpha value is -0.540. The molecule has 5 nitrogen and oxygen atoms in total. The van der Waals surface area contributed by atoms with Crippen LogP contribution in [0.2, 0.25) is 0 Å². The molecule has 1 fully saturated rings. The van der Waals surface area contributed by atoms with Gasteiger partial charge in [0.2, 0.25) is 10.0 Å². The molecule has 0 amide bonds. The standard InChI is InChI=1S/C11H13BrFNO4S/c12-8-1-2-11(10(13)5-8)19(16,17)14-3-4-18-9(6-14)7-15/h1-2,5,9,15H,3-4,6-7H2. The quantitative estimate of drug-likeness (QED) is 0.879. The fraction of sp³-hybridized carbons (Fsp3) is 0.455. The lowest BCUT2D eigenvalue weighted by Crippen LogP contribution is -2.46. The van der Waals surface area contributed by atoms with Crippen molar-refractivity contribution < 1.29 is 22.7 Å². The molecule has 0 aromatic heterocycles. The van der Waals surface area contributed by atoms with Crippen molar-refractivity contribution in [3.8, 4) is 0 Å². The van der Waals surface area contributed by atoms with Gasteiger partial charge in [0.15, 0.2) is 0 Å². The van der Waals surface area contributed by atoms with Gasteiger partial charge in [0.25, 0.3) is 0 Å². The third-order valence-corrected chi connectivity index (χ3v) is 5.21. The number of sulfonamides is 1. The van der Waals surface area contributed by atoms with Crippen LogP contribution in [-0.2, 0) is 14.8 Å². The molecule has 19 heavy (non-hydrogen) atoms. The Morgan fingerprint density at radius 3 is 2.89 bits per heavy atom. The lowest BCUT2D eigenvalue weighted by atomic mass is 10.3. The minimum absolute atomic E-state index is 0.0222. The van der Waals surface area contributed by atoms with Gasteiger partial charge in [-0.25, -0.2) is 12.8 Å². The maximum atomic E-state index is 13.8. The van der Waals surface area contributed by atoms with Gasteiger partial charge < -0.3 is 9.84 Å². The Bertz CT molecular complexity index is 566. The minimum atomic E-state index is -3.91. The first-order valence-corrected chi connectivity index (χ1v) is 7.86. The summed E-state index contributed by atoms with van der Waals surface area (Å²) in [5.41, 5.74) is 0. The van der Waals surface area contributed by atoms with Crippen molar-refractivity contribution in [2.45, 2.75) is 11.0 Å². The second kappa shape index (κ2) is 5.84. The molecule has 1 saturated heterocycles. The van der Waals surface area contributed by atoms with Crippen molar-refractivity contribution in [2.24, 2.45) is 0 Å². The van der Waals surface area contributed by atoms with Gasteiger partial charge >= 0.3 is 0 Å². The smallest absolute Gasteiger partial charge is 0.246 e. The molecule has 1 heterocycles. The monoisotopic (exact) mass is 353 g/mol. The number of hydrogen-bond donors (Lipinski definition) is 1. The second-order valence-corrected chi connectivity index (χ2v) is 6.94. The molecule has 1 aromatic rings. The van der Waals surface area contributed by atoms with Crippen LogP contribution in [0.3, 0.4) is 0 Å². The molecule has 1 aliphatic heterocycles. The number of benzene rings is 1. The summed E-state index contributed by atoms with van der Waals surface area (Å²) in [7, 11) is -3.91. The van der Waals surface area contributed by atoms with Crippen LogP contribution in [-0.4, -0.2) is 50.2 Å². The summed E-state index contributed by atoms with van der Waals surface area (Å²) in [4.78, 5) is -0.366. The number of rotatable bonds is 3. The molecule has 0 aliphatic carbocycles. The van der Waals surface area contributed by atoms with Gasteiger partial charge in [-0.2, -0.15) is 4.31 Å². The SMILES string of the molecule is O=S(=O)(c1ccc(Br)cc1F)N1CCOC(CO)C1. The molecule has 1 unspecified atom stereocenters. The van der Waals surface area contributed by atoms with Gasteiger partial charge in [-0.05, 0) is 18.2 Å². The third-order valence-electron chi connectivity index (χ3n) is 2.82. The Morgan fingerprint density at radius 1 is 1.53 bits per heavy atom. The summed E-state index contributed by atoms with van der Waals surface area (Å²) in [5.74, 6) is -0.804. The summed E-state index contributed by atoms with van der Waals surface area (Å²) in [6.45, 7) is 0.0835. The molecule has 1 atom stereocenters. The van der Waals surface area contributed by atoms with Crippen molar-refractivity contribution in [3.63, 3.8) is 0 Å². The van der Waals surface area contributed by atoms with Gasteiger partial charge in [-0.1, -0.05) is 15.9 Å². The molecule has 8 heteroatoms. The van der Waals surface area contributed by atoms with E-state index in [0.717, 1.165) is 10.4 Å². The molecule has 0 bridgehead atoms. The highest BCUT2D eigenvalue weighted by Gasteiger charge is 2.32. The zero-order valence-electron chi connectivity index (χ0n) is 9.92. The molecule has 1 aliphatic rings. The van der Waals surface area contributed by atoms with E-state index in [9.17, 15) is 12.8 Å². The van der Waals surface area contributed by atoms with Crippen LogP contribution >= 0.6 is 15.9 Å². The number of ether oxygens (including phenoxy) is 1. The van der Waals surface area contributed by atoms with Crippen molar-refractivity contribution in [3.05, 3.63) is 28.5 Å². The fourth-order valence-corrected chi connectivity index (χ4v) is 3.68. The van der Waals surface area contributed by atoms with Gasteiger partial charge in [0, 0.05) is 17.6 Å². The van der Waals surface area contributed by atoms with Crippen molar-refractivity contribution >= 4 is 26.0 Å². The average molecular weight is 354 g/mol. The predicted molar refractivity (Wildman–Crippen MR) is 69.7 cm³/mol. The lowest BCUT2D eigenvalue weighted by Gasteiger charge is -2.31.